The van der Waals surface area contributed by atoms with Gasteiger partial charge in [-0.2, -0.15) is 0 Å². The average Bonchev–Trinajstić information content (AvgIpc) is 2.88. The van der Waals surface area contributed by atoms with Crippen LogP contribution in [0.2, 0.25) is 0 Å². The van der Waals surface area contributed by atoms with Crippen molar-refractivity contribution in [1.29, 1.82) is 0 Å². The molecule has 0 saturated heterocycles. The molecular weight excluding hydrogens is 452 g/mol. The number of rotatable bonds is 20. The van der Waals surface area contributed by atoms with Crippen LogP contribution < -0.4 is 0 Å². The number of unbranched alkanes of at least 4 members (excludes halogenated alkanes) is 14. The molecule has 0 saturated carbocycles. The molecule has 0 fully saturated rings. The summed E-state index contributed by atoms with van der Waals surface area (Å²) in [5.74, 6) is 0.634. The van der Waals surface area contributed by atoms with Crippen LogP contribution in [0.5, 0.6) is 11.5 Å². The van der Waals surface area contributed by atoms with Gasteiger partial charge in [-0.1, -0.05) is 142 Å². The standard InChI is InChI=1S/C35H56O2/c1-5-7-9-11-13-15-17-19-21-29-23-25-33(36)31(27-29)35(3,4)32-28-30(24-26-34(32)37)22-20-18-16-14-12-10-8-6-2/h23-28,36-37H,5-22H2,1-4H3. The van der Waals surface area contributed by atoms with E-state index in [1.807, 2.05) is 12.1 Å². The molecule has 2 nitrogen and oxygen atoms in total. The van der Waals surface area contributed by atoms with Crippen LogP contribution in [0, 0.1) is 0 Å². The number of phenolic OH excluding ortho intramolecular Hbond substituents is 2. The van der Waals surface area contributed by atoms with Crippen molar-refractivity contribution >= 4 is 0 Å². The highest BCUT2D eigenvalue weighted by Gasteiger charge is 2.29. The zero-order chi connectivity index (χ0) is 26.9. The van der Waals surface area contributed by atoms with Crippen LogP contribution in [0.15, 0.2) is 36.4 Å². The van der Waals surface area contributed by atoms with Gasteiger partial charge in [0.05, 0.1) is 0 Å². The van der Waals surface area contributed by atoms with Crippen LogP contribution in [0.4, 0.5) is 0 Å². The smallest absolute Gasteiger partial charge is 0.119 e. The summed E-state index contributed by atoms with van der Waals surface area (Å²) in [5, 5.41) is 21.6. The Labute approximate surface area is 228 Å². The van der Waals surface area contributed by atoms with Gasteiger partial charge in [-0.3, -0.25) is 0 Å². The zero-order valence-corrected chi connectivity index (χ0v) is 24.6. The minimum absolute atomic E-state index is 0.317. The highest BCUT2D eigenvalue weighted by atomic mass is 16.3. The second-order valence-electron chi connectivity index (χ2n) is 11.8. The highest BCUT2D eigenvalue weighted by molar-refractivity contribution is 5.52. The third-order valence-corrected chi connectivity index (χ3v) is 8.11. The first-order valence-corrected chi connectivity index (χ1v) is 15.5. The van der Waals surface area contributed by atoms with Crippen molar-refractivity contribution in [1.82, 2.24) is 0 Å². The summed E-state index contributed by atoms with van der Waals surface area (Å²) in [7, 11) is 0. The first-order valence-electron chi connectivity index (χ1n) is 15.5. The molecule has 0 aliphatic carbocycles. The fourth-order valence-corrected chi connectivity index (χ4v) is 5.55. The van der Waals surface area contributed by atoms with Crippen LogP contribution >= 0.6 is 0 Å². The molecule has 208 valence electrons. The van der Waals surface area contributed by atoms with E-state index in [0.29, 0.717) is 11.5 Å². The Morgan fingerprint density at radius 3 is 1.16 bits per heavy atom. The number of hydrogen-bond donors (Lipinski definition) is 2. The topological polar surface area (TPSA) is 40.5 Å². The Morgan fingerprint density at radius 2 is 0.811 bits per heavy atom. The van der Waals surface area contributed by atoms with Gasteiger partial charge in [0, 0.05) is 16.5 Å². The monoisotopic (exact) mass is 508 g/mol. The molecule has 2 rings (SSSR count). The van der Waals surface area contributed by atoms with Crippen molar-refractivity contribution in [3.63, 3.8) is 0 Å². The number of benzene rings is 2. The van der Waals surface area contributed by atoms with Gasteiger partial charge in [-0.25, -0.2) is 0 Å². The molecule has 0 unspecified atom stereocenters. The Balaban J connectivity index is 1.94. The zero-order valence-electron chi connectivity index (χ0n) is 24.6. The lowest BCUT2D eigenvalue weighted by Gasteiger charge is -2.29. The minimum Gasteiger partial charge on any atom is -0.508 e. The van der Waals surface area contributed by atoms with Crippen LogP contribution in [-0.2, 0) is 18.3 Å². The highest BCUT2D eigenvalue weighted by Crippen LogP contribution is 2.41. The SMILES string of the molecule is CCCCCCCCCCc1ccc(O)c(C(C)(C)c2cc(CCCCCCCCCC)ccc2O)c1. The van der Waals surface area contributed by atoms with Gasteiger partial charge < -0.3 is 10.2 Å². The summed E-state index contributed by atoms with van der Waals surface area (Å²) in [6.07, 6.45) is 23.2. The van der Waals surface area contributed by atoms with E-state index < -0.39 is 5.41 Å². The van der Waals surface area contributed by atoms with Crippen molar-refractivity contribution in [3.05, 3.63) is 58.7 Å². The molecule has 0 aromatic heterocycles. The Morgan fingerprint density at radius 1 is 0.486 bits per heavy atom. The third kappa shape index (κ3) is 11.1. The average molecular weight is 509 g/mol. The lowest BCUT2D eigenvalue weighted by molar-refractivity contribution is 0.435. The van der Waals surface area contributed by atoms with Gasteiger partial charge >= 0.3 is 0 Å². The van der Waals surface area contributed by atoms with Crippen molar-refractivity contribution in [3.8, 4) is 11.5 Å². The van der Waals surface area contributed by atoms with E-state index in [-0.39, 0.29) is 0 Å². The molecule has 0 radical (unpaired) electrons. The third-order valence-electron chi connectivity index (χ3n) is 8.11. The van der Waals surface area contributed by atoms with Crippen LogP contribution in [0.3, 0.4) is 0 Å². The predicted molar refractivity (Wildman–Crippen MR) is 161 cm³/mol. The maximum Gasteiger partial charge on any atom is 0.119 e. The molecule has 0 heterocycles. The Bertz CT molecular complexity index is 811. The van der Waals surface area contributed by atoms with Gasteiger partial charge in [0.1, 0.15) is 11.5 Å². The number of aromatic hydroxyl groups is 2. The van der Waals surface area contributed by atoms with E-state index in [1.54, 1.807) is 0 Å². The van der Waals surface area contributed by atoms with Gasteiger partial charge in [0.25, 0.3) is 0 Å². The molecule has 2 aromatic carbocycles. The van der Waals surface area contributed by atoms with Gasteiger partial charge in [-0.05, 0) is 48.9 Å². The molecule has 0 spiro atoms. The Hall–Kier alpha value is -1.96. The van der Waals surface area contributed by atoms with Crippen LogP contribution in [-0.4, -0.2) is 10.2 Å². The summed E-state index contributed by atoms with van der Waals surface area (Å²) in [6, 6.07) is 12.2. The molecule has 0 atom stereocenters. The fourth-order valence-electron chi connectivity index (χ4n) is 5.55. The molecule has 0 bridgehead atoms. The van der Waals surface area contributed by atoms with E-state index >= 15 is 0 Å². The predicted octanol–water partition coefficient (Wildman–Crippen LogP) is 10.8. The van der Waals surface area contributed by atoms with E-state index in [1.165, 1.54) is 114 Å². The van der Waals surface area contributed by atoms with E-state index in [0.717, 1.165) is 24.0 Å². The molecule has 0 aliphatic rings. The second kappa shape index (κ2) is 17.5. The van der Waals surface area contributed by atoms with Crippen LogP contribution in [0.25, 0.3) is 0 Å². The molecule has 37 heavy (non-hydrogen) atoms. The van der Waals surface area contributed by atoms with Gasteiger partial charge in [0.15, 0.2) is 0 Å². The summed E-state index contributed by atoms with van der Waals surface area (Å²) in [5.41, 5.74) is 3.90. The second-order valence-corrected chi connectivity index (χ2v) is 11.8. The fraction of sp³-hybridized carbons (Fsp3) is 0.657. The van der Waals surface area contributed by atoms with Gasteiger partial charge in [-0.15, -0.1) is 0 Å². The number of aryl methyl sites for hydroxylation is 2. The molecule has 2 heteroatoms. The van der Waals surface area contributed by atoms with E-state index in [2.05, 4.69) is 52.0 Å². The summed E-state index contributed by atoms with van der Waals surface area (Å²) in [6.45, 7) is 8.78. The number of phenols is 2. The molecular formula is C35H56O2. The van der Waals surface area contributed by atoms with E-state index in [9.17, 15) is 10.2 Å². The van der Waals surface area contributed by atoms with Crippen molar-refractivity contribution in [2.45, 2.75) is 149 Å². The van der Waals surface area contributed by atoms with Crippen molar-refractivity contribution in [2.24, 2.45) is 0 Å². The minimum atomic E-state index is -0.473. The maximum atomic E-state index is 10.8. The van der Waals surface area contributed by atoms with Crippen LogP contribution in [0.1, 0.15) is 153 Å². The Kier molecular flexibility index (Phi) is 14.8. The van der Waals surface area contributed by atoms with Gasteiger partial charge in [0.2, 0.25) is 0 Å². The molecule has 2 aromatic rings. The lowest BCUT2D eigenvalue weighted by Crippen LogP contribution is -2.20. The first kappa shape index (κ1) is 31.3. The first-order chi connectivity index (χ1) is 17.9. The summed E-state index contributed by atoms with van der Waals surface area (Å²) < 4.78 is 0. The molecule has 2 N–H and O–H groups in total. The maximum absolute atomic E-state index is 10.8. The quantitative estimate of drug-likeness (QED) is 0.175. The van der Waals surface area contributed by atoms with Crippen molar-refractivity contribution in [2.75, 3.05) is 0 Å². The summed E-state index contributed by atoms with van der Waals surface area (Å²) in [4.78, 5) is 0. The molecule has 0 aliphatic heterocycles. The lowest BCUT2D eigenvalue weighted by atomic mass is 9.76. The number of hydrogen-bond acceptors (Lipinski definition) is 2. The summed E-state index contributed by atoms with van der Waals surface area (Å²) >= 11 is 0. The normalized spacial score (nSPS) is 11.8. The largest absolute Gasteiger partial charge is 0.508 e. The molecule has 0 amide bonds. The van der Waals surface area contributed by atoms with Crippen molar-refractivity contribution < 1.29 is 10.2 Å². The van der Waals surface area contributed by atoms with E-state index in [4.69, 9.17) is 0 Å².